The summed E-state index contributed by atoms with van der Waals surface area (Å²) in [5.74, 6) is -0.395. The van der Waals surface area contributed by atoms with E-state index < -0.39 is 5.97 Å². The molecule has 0 heterocycles. The number of ketones is 1. The van der Waals surface area contributed by atoms with Crippen LogP contribution in [0.15, 0.2) is 54.6 Å². The molecule has 0 saturated carbocycles. The number of nitriles is 1. The predicted molar refractivity (Wildman–Crippen MR) is 115 cm³/mol. The highest BCUT2D eigenvalue weighted by atomic mass is 16.5. The van der Waals surface area contributed by atoms with Crippen LogP contribution in [-0.4, -0.2) is 37.4 Å². The molecule has 7 nitrogen and oxygen atoms in total. The molecule has 31 heavy (non-hydrogen) atoms. The van der Waals surface area contributed by atoms with Crippen LogP contribution in [0.4, 0.5) is 0 Å². The van der Waals surface area contributed by atoms with Gasteiger partial charge in [0.1, 0.15) is 11.8 Å². The second-order valence-electron chi connectivity index (χ2n) is 6.66. The fourth-order valence-electron chi connectivity index (χ4n) is 2.64. The lowest BCUT2D eigenvalue weighted by atomic mass is 10.1. The van der Waals surface area contributed by atoms with Gasteiger partial charge < -0.3 is 14.8 Å². The number of nitrogens with zero attached hydrogens (tertiary/aromatic N) is 1. The van der Waals surface area contributed by atoms with E-state index in [1.807, 2.05) is 18.2 Å². The maximum Gasteiger partial charge on any atom is 0.331 e. The summed E-state index contributed by atoms with van der Waals surface area (Å²) in [6, 6.07) is 15.9. The van der Waals surface area contributed by atoms with E-state index in [4.69, 9.17) is 14.7 Å². The minimum Gasteiger partial charge on any atom is -0.479 e. The highest BCUT2D eigenvalue weighted by Gasteiger charge is 2.08. The summed E-state index contributed by atoms with van der Waals surface area (Å²) in [6.07, 6.45) is 4.42. The minimum atomic E-state index is -0.618. The molecule has 0 atom stereocenters. The Morgan fingerprint density at radius 2 is 1.77 bits per heavy atom. The molecule has 2 rings (SSSR count). The number of aryl methyl sites for hydroxylation is 1. The van der Waals surface area contributed by atoms with Crippen molar-refractivity contribution >= 4 is 23.7 Å². The molecule has 2 aromatic rings. The predicted octanol–water partition coefficient (Wildman–Crippen LogP) is 3.10. The van der Waals surface area contributed by atoms with E-state index in [1.54, 1.807) is 42.5 Å². The SMILES string of the molecule is CC(=O)NCCCc1ccc(C(=O)COC(=O)/C=C/c2ccc(OCC#N)cc2)cc1. The molecule has 0 aromatic heterocycles. The molecule has 0 bridgehead atoms. The number of rotatable bonds is 11. The van der Waals surface area contributed by atoms with Crippen molar-refractivity contribution in [3.8, 4) is 11.8 Å². The Bertz CT molecular complexity index is 957. The van der Waals surface area contributed by atoms with Crippen molar-refractivity contribution in [2.45, 2.75) is 19.8 Å². The lowest BCUT2D eigenvalue weighted by Crippen LogP contribution is -2.21. The number of esters is 1. The Morgan fingerprint density at radius 3 is 2.42 bits per heavy atom. The van der Waals surface area contributed by atoms with Gasteiger partial charge in [-0.2, -0.15) is 5.26 Å². The van der Waals surface area contributed by atoms with Crippen LogP contribution in [-0.2, 0) is 20.7 Å². The van der Waals surface area contributed by atoms with E-state index >= 15 is 0 Å². The van der Waals surface area contributed by atoms with Crippen molar-refractivity contribution in [1.82, 2.24) is 5.32 Å². The standard InChI is InChI=1S/C24H24N2O5/c1-18(27)26-15-2-3-19-4-9-21(10-5-19)23(28)17-31-24(29)13-8-20-6-11-22(12-7-20)30-16-14-25/h4-13H,2-3,15-17H2,1H3,(H,26,27)/b13-8+. The third kappa shape index (κ3) is 8.96. The Morgan fingerprint density at radius 1 is 1.06 bits per heavy atom. The normalized spacial score (nSPS) is 10.3. The molecule has 1 N–H and O–H groups in total. The fraction of sp³-hybridized carbons (Fsp3) is 0.250. The van der Waals surface area contributed by atoms with Gasteiger partial charge in [-0.1, -0.05) is 36.4 Å². The Labute approximate surface area is 181 Å². The molecular weight excluding hydrogens is 396 g/mol. The molecule has 0 spiro atoms. The van der Waals surface area contributed by atoms with Crippen LogP contribution in [0.25, 0.3) is 6.08 Å². The number of hydrogen-bond donors (Lipinski definition) is 1. The van der Waals surface area contributed by atoms with Crippen LogP contribution in [0.1, 0.15) is 34.8 Å². The first-order chi connectivity index (χ1) is 15.0. The third-order valence-electron chi connectivity index (χ3n) is 4.23. The first-order valence-electron chi connectivity index (χ1n) is 9.79. The first kappa shape index (κ1) is 23.4. The quantitative estimate of drug-likeness (QED) is 0.259. The molecule has 7 heteroatoms. The van der Waals surface area contributed by atoms with Crippen molar-refractivity contribution in [1.29, 1.82) is 5.26 Å². The van der Waals surface area contributed by atoms with Crippen molar-refractivity contribution < 1.29 is 23.9 Å². The van der Waals surface area contributed by atoms with Gasteiger partial charge in [-0.3, -0.25) is 9.59 Å². The Balaban J connectivity index is 1.75. The first-order valence-corrected chi connectivity index (χ1v) is 9.79. The van der Waals surface area contributed by atoms with E-state index in [1.165, 1.54) is 13.0 Å². The van der Waals surface area contributed by atoms with Crippen molar-refractivity contribution in [2.75, 3.05) is 19.8 Å². The second kappa shape index (κ2) is 12.6. The van der Waals surface area contributed by atoms with Crippen LogP contribution in [0, 0.1) is 11.3 Å². The van der Waals surface area contributed by atoms with Gasteiger partial charge in [0.05, 0.1) is 0 Å². The van der Waals surface area contributed by atoms with E-state index in [9.17, 15) is 14.4 Å². The molecule has 2 aromatic carbocycles. The van der Waals surface area contributed by atoms with Gasteiger partial charge in [0.2, 0.25) is 5.91 Å². The van der Waals surface area contributed by atoms with Crippen LogP contribution in [0.5, 0.6) is 5.75 Å². The molecule has 0 aliphatic heterocycles. The maximum absolute atomic E-state index is 12.2. The molecule has 0 radical (unpaired) electrons. The summed E-state index contributed by atoms with van der Waals surface area (Å²) in [7, 11) is 0. The number of benzene rings is 2. The maximum atomic E-state index is 12.2. The Hall–Kier alpha value is -3.92. The molecule has 160 valence electrons. The van der Waals surface area contributed by atoms with Gasteiger partial charge in [-0.25, -0.2) is 4.79 Å². The lowest BCUT2D eigenvalue weighted by Gasteiger charge is -2.05. The summed E-state index contributed by atoms with van der Waals surface area (Å²) in [5.41, 5.74) is 2.28. The van der Waals surface area contributed by atoms with E-state index in [-0.39, 0.29) is 24.9 Å². The minimum absolute atomic E-state index is 0.0309. The summed E-state index contributed by atoms with van der Waals surface area (Å²) in [5, 5.41) is 11.2. The summed E-state index contributed by atoms with van der Waals surface area (Å²) in [6.45, 7) is 1.72. The van der Waals surface area contributed by atoms with Gasteiger partial charge in [0, 0.05) is 25.1 Å². The average molecular weight is 420 g/mol. The smallest absolute Gasteiger partial charge is 0.331 e. The zero-order valence-electron chi connectivity index (χ0n) is 17.3. The number of carbonyl (C=O) groups is 3. The number of nitrogens with one attached hydrogen (secondary N) is 1. The Kier molecular flexibility index (Phi) is 9.50. The second-order valence-corrected chi connectivity index (χ2v) is 6.66. The van der Waals surface area contributed by atoms with Crippen LogP contribution < -0.4 is 10.1 Å². The zero-order chi connectivity index (χ0) is 22.5. The number of hydrogen-bond acceptors (Lipinski definition) is 6. The number of Topliss-reactive ketones (excluding diaryl/α,β-unsaturated/α-hetero) is 1. The van der Waals surface area contributed by atoms with Crippen LogP contribution in [0.3, 0.4) is 0 Å². The number of ether oxygens (including phenoxy) is 2. The number of amides is 1. The molecule has 1 amide bonds. The van der Waals surface area contributed by atoms with Gasteiger partial charge in [0.15, 0.2) is 19.0 Å². The lowest BCUT2D eigenvalue weighted by molar-refractivity contribution is -0.136. The largest absolute Gasteiger partial charge is 0.479 e. The molecule has 0 fully saturated rings. The van der Waals surface area contributed by atoms with Crippen LogP contribution >= 0.6 is 0 Å². The van der Waals surface area contributed by atoms with E-state index in [0.29, 0.717) is 17.9 Å². The molecule has 0 unspecified atom stereocenters. The van der Waals surface area contributed by atoms with Crippen molar-refractivity contribution in [3.63, 3.8) is 0 Å². The summed E-state index contributed by atoms with van der Waals surface area (Å²) < 4.78 is 10.2. The molecule has 0 aliphatic rings. The van der Waals surface area contributed by atoms with Gasteiger partial charge in [-0.15, -0.1) is 0 Å². The van der Waals surface area contributed by atoms with Gasteiger partial charge in [-0.05, 0) is 42.2 Å². The fourth-order valence-corrected chi connectivity index (χ4v) is 2.64. The average Bonchev–Trinajstić information content (AvgIpc) is 2.78. The van der Waals surface area contributed by atoms with E-state index in [2.05, 4.69) is 5.32 Å². The van der Waals surface area contributed by atoms with Crippen LogP contribution in [0.2, 0.25) is 0 Å². The van der Waals surface area contributed by atoms with Crippen molar-refractivity contribution in [2.24, 2.45) is 0 Å². The summed E-state index contributed by atoms with van der Waals surface area (Å²) in [4.78, 5) is 34.9. The summed E-state index contributed by atoms with van der Waals surface area (Å²) >= 11 is 0. The highest BCUT2D eigenvalue weighted by Crippen LogP contribution is 2.13. The van der Waals surface area contributed by atoms with E-state index in [0.717, 1.165) is 24.0 Å². The monoisotopic (exact) mass is 420 g/mol. The highest BCUT2D eigenvalue weighted by molar-refractivity contribution is 5.98. The molecular formula is C24H24N2O5. The molecule has 0 aliphatic carbocycles. The topological polar surface area (TPSA) is 105 Å². The number of carbonyl (C=O) groups excluding carboxylic acids is 3. The molecule has 0 saturated heterocycles. The zero-order valence-corrected chi connectivity index (χ0v) is 17.3. The van der Waals surface area contributed by atoms with Gasteiger partial charge in [0.25, 0.3) is 0 Å². The third-order valence-corrected chi connectivity index (χ3v) is 4.23. The van der Waals surface area contributed by atoms with Crippen molar-refractivity contribution in [3.05, 3.63) is 71.3 Å². The van der Waals surface area contributed by atoms with Gasteiger partial charge >= 0.3 is 5.97 Å².